The lowest BCUT2D eigenvalue weighted by Gasteiger charge is -2.06. The van der Waals surface area contributed by atoms with Crippen molar-refractivity contribution in [3.63, 3.8) is 0 Å². The maximum absolute atomic E-state index is 12.8. The van der Waals surface area contributed by atoms with Crippen molar-refractivity contribution in [2.45, 2.75) is 0 Å². The molecule has 0 aliphatic heterocycles. The summed E-state index contributed by atoms with van der Waals surface area (Å²) in [7, 11) is 0. The summed E-state index contributed by atoms with van der Waals surface area (Å²) in [6.07, 6.45) is 0. The second kappa shape index (κ2) is 4.68. The summed E-state index contributed by atoms with van der Waals surface area (Å²) in [5.41, 5.74) is 0. The largest absolute Gasteiger partial charge is 0.437 e. The lowest BCUT2D eigenvalue weighted by Crippen LogP contribution is -1.90. The Bertz CT molecular complexity index is 519. The van der Waals surface area contributed by atoms with Gasteiger partial charge in [0.25, 0.3) is 0 Å². The Labute approximate surface area is 102 Å². The van der Waals surface area contributed by atoms with Crippen LogP contribution in [0.4, 0.5) is 4.39 Å². The lowest BCUT2D eigenvalue weighted by molar-refractivity contribution is 0.445. The molecular formula is C11H6Cl2FNO. The van der Waals surface area contributed by atoms with Crippen molar-refractivity contribution >= 4 is 23.2 Å². The number of aromatic nitrogens is 1. The number of ether oxygens (including phenoxy) is 1. The van der Waals surface area contributed by atoms with Crippen LogP contribution in [0.25, 0.3) is 0 Å². The highest BCUT2D eigenvalue weighted by Crippen LogP contribution is 2.30. The summed E-state index contributed by atoms with van der Waals surface area (Å²) in [4.78, 5) is 3.55. The van der Waals surface area contributed by atoms with Gasteiger partial charge < -0.3 is 4.74 Å². The van der Waals surface area contributed by atoms with Gasteiger partial charge in [-0.05, 0) is 24.3 Å². The zero-order valence-corrected chi connectivity index (χ0v) is 9.47. The van der Waals surface area contributed by atoms with Crippen LogP contribution in [0.15, 0.2) is 36.4 Å². The van der Waals surface area contributed by atoms with Crippen molar-refractivity contribution in [1.82, 2.24) is 4.98 Å². The molecule has 0 atom stereocenters. The minimum absolute atomic E-state index is 0.143. The van der Waals surface area contributed by atoms with Gasteiger partial charge in [-0.1, -0.05) is 29.3 Å². The predicted octanol–water partition coefficient (Wildman–Crippen LogP) is 4.32. The third-order valence-corrected chi connectivity index (χ3v) is 2.33. The van der Waals surface area contributed by atoms with Gasteiger partial charge in [0.15, 0.2) is 0 Å². The standard InChI is InChI=1S/C11H6Cl2FNO/c12-7-4-5-9(8(13)6-7)16-11-3-1-2-10(14)15-11/h1-6H. The van der Waals surface area contributed by atoms with E-state index in [9.17, 15) is 4.39 Å². The van der Waals surface area contributed by atoms with Crippen molar-refractivity contribution in [3.8, 4) is 11.6 Å². The highest BCUT2D eigenvalue weighted by Gasteiger charge is 2.05. The molecule has 82 valence electrons. The van der Waals surface area contributed by atoms with E-state index in [1.165, 1.54) is 24.3 Å². The molecule has 0 unspecified atom stereocenters. The quantitative estimate of drug-likeness (QED) is 0.748. The SMILES string of the molecule is Fc1cccc(Oc2ccc(Cl)cc2Cl)n1. The van der Waals surface area contributed by atoms with Gasteiger partial charge in [0.1, 0.15) is 5.75 Å². The number of hydrogen-bond acceptors (Lipinski definition) is 2. The Morgan fingerprint density at radius 2 is 1.94 bits per heavy atom. The molecule has 1 aromatic heterocycles. The molecule has 2 aromatic rings. The Morgan fingerprint density at radius 3 is 2.62 bits per heavy atom. The lowest BCUT2D eigenvalue weighted by atomic mass is 10.3. The van der Waals surface area contributed by atoms with Gasteiger partial charge >= 0.3 is 0 Å². The predicted molar refractivity (Wildman–Crippen MR) is 60.7 cm³/mol. The van der Waals surface area contributed by atoms with E-state index in [2.05, 4.69) is 4.98 Å². The number of hydrogen-bond donors (Lipinski definition) is 0. The smallest absolute Gasteiger partial charge is 0.221 e. The van der Waals surface area contributed by atoms with E-state index in [0.29, 0.717) is 15.8 Å². The number of nitrogens with zero attached hydrogens (tertiary/aromatic N) is 1. The molecule has 1 aromatic carbocycles. The topological polar surface area (TPSA) is 22.1 Å². The molecule has 0 fully saturated rings. The number of pyridine rings is 1. The Morgan fingerprint density at radius 1 is 1.12 bits per heavy atom. The minimum Gasteiger partial charge on any atom is -0.437 e. The molecule has 5 heteroatoms. The van der Waals surface area contributed by atoms with Gasteiger partial charge in [-0.25, -0.2) is 0 Å². The molecule has 0 amide bonds. The van der Waals surface area contributed by atoms with E-state index in [4.69, 9.17) is 27.9 Å². The summed E-state index contributed by atoms with van der Waals surface area (Å²) in [5, 5.41) is 0.850. The third-order valence-electron chi connectivity index (χ3n) is 1.80. The van der Waals surface area contributed by atoms with Crippen LogP contribution in [0.3, 0.4) is 0 Å². The molecule has 2 rings (SSSR count). The highest BCUT2D eigenvalue weighted by atomic mass is 35.5. The van der Waals surface area contributed by atoms with Crippen LogP contribution in [0.5, 0.6) is 11.6 Å². The number of rotatable bonds is 2. The van der Waals surface area contributed by atoms with Gasteiger partial charge in [0.05, 0.1) is 5.02 Å². The average Bonchev–Trinajstić information content (AvgIpc) is 2.22. The highest BCUT2D eigenvalue weighted by molar-refractivity contribution is 6.35. The first kappa shape index (κ1) is 11.2. The zero-order chi connectivity index (χ0) is 11.5. The van der Waals surface area contributed by atoms with Crippen molar-refractivity contribution in [3.05, 3.63) is 52.4 Å². The van der Waals surface area contributed by atoms with Crippen molar-refractivity contribution in [2.75, 3.05) is 0 Å². The van der Waals surface area contributed by atoms with Crippen LogP contribution >= 0.6 is 23.2 Å². The summed E-state index contributed by atoms with van der Waals surface area (Å²) in [6.45, 7) is 0. The normalized spacial score (nSPS) is 10.2. The maximum atomic E-state index is 12.8. The molecule has 0 aliphatic carbocycles. The molecule has 0 aliphatic rings. The molecule has 16 heavy (non-hydrogen) atoms. The second-order valence-electron chi connectivity index (χ2n) is 2.98. The van der Waals surface area contributed by atoms with Crippen LogP contribution in [0.1, 0.15) is 0 Å². The molecule has 0 saturated heterocycles. The fraction of sp³-hybridized carbons (Fsp3) is 0. The van der Waals surface area contributed by atoms with Gasteiger partial charge in [-0.3, -0.25) is 0 Å². The summed E-state index contributed by atoms with van der Waals surface area (Å²) in [6, 6.07) is 9.03. The summed E-state index contributed by atoms with van der Waals surface area (Å²) >= 11 is 11.6. The van der Waals surface area contributed by atoms with Gasteiger partial charge in [0, 0.05) is 11.1 Å². The average molecular weight is 258 g/mol. The Kier molecular flexibility index (Phi) is 3.27. The van der Waals surface area contributed by atoms with Crippen LogP contribution in [-0.2, 0) is 0 Å². The molecule has 0 N–H and O–H groups in total. The first-order chi connectivity index (χ1) is 7.65. The first-order valence-electron chi connectivity index (χ1n) is 4.40. The third kappa shape index (κ3) is 2.62. The van der Waals surface area contributed by atoms with Crippen LogP contribution < -0.4 is 4.74 Å². The summed E-state index contributed by atoms with van der Waals surface area (Å²) in [5.74, 6) is -0.0871. The van der Waals surface area contributed by atoms with Gasteiger partial charge in [-0.2, -0.15) is 9.37 Å². The Hall–Kier alpha value is -1.32. The number of benzene rings is 1. The van der Waals surface area contributed by atoms with E-state index in [0.717, 1.165) is 0 Å². The second-order valence-corrected chi connectivity index (χ2v) is 3.82. The number of halogens is 3. The van der Waals surface area contributed by atoms with Crippen LogP contribution in [-0.4, -0.2) is 4.98 Å². The molecule has 0 spiro atoms. The van der Waals surface area contributed by atoms with Crippen LogP contribution in [0, 0.1) is 5.95 Å². The van der Waals surface area contributed by atoms with Gasteiger partial charge in [-0.15, -0.1) is 0 Å². The maximum Gasteiger partial charge on any atom is 0.221 e. The van der Waals surface area contributed by atoms with Crippen molar-refractivity contribution < 1.29 is 9.13 Å². The van der Waals surface area contributed by atoms with Gasteiger partial charge in [0.2, 0.25) is 11.8 Å². The zero-order valence-electron chi connectivity index (χ0n) is 7.95. The first-order valence-corrected chi connectivity index (χ1v) is 5.16. The van der Waals surface area contributed by atoms with E-state index in [1.54, 1.807) is 12.1 Å². The van der Waals surface area contributed by atoms with Crippen molar-refractivity contribution in [1.29, 1.82) is 0 Å². The summed E-state index contributed by atoms with van der Waals surface area (Å²) < 4.78 is 18.1. The molecule has 1 heterocycles. The minimum atomic E-state index is -0.609. The van der Waals surface area contributed by atoms with Crippen molar-refractivity contribution in [2.24, 2.45) is 0 Å². The van der Waals surface area contributed by atoms with E-state index in [-0.39, 0.29) is 5.88 Å². The van der Waals surface area contributed by atoms with E-state index < -0.39 is 5.95 Å². The van der Waals surface area contributed by atoms with E-state index >= 15 is 0 Å². The molecule has 0 bridgehead atoms. The molecule has 0 radical (unpaired) electrons. The fourth-order valence-corrected chi connectivity index (χ4v) is 1.56. The fourth-order valence-electron chi connectivity index (χ4n) is 1.12. The molecular weight excluding hydrogens is 252 g/mol. The Balaban J connectivity index is 2.27. The van der Waals surface area contributed by atoms with E-state index in [1.807, 2.05) is 0 Å². The molecule has 0 saturated carbocycles. The monoisotopic (exact) mass is 257 g/mol. The molecule has 2 nitrogen and oxygen atoms in total. The van der Waals surface area contributed by atoms with Crippen LogP contribution in [0.2, 0.25) is 10.0 Å².